The second-order valence-corrected chi connectivity index (χ2v) is 6.57. The summed E-state index contributed by atoms with van der Waals surface area (Å²) in [6.45, 7) is 7.25. The van der Waals surface area contributed by atoms with Gasteiger partial charge in [-0.25, -0.2) is 0 Å². The van der Waals surface area contributed by atoms with Gasteiger partial charge in [-0.3, -0.25) is 4.68 Å². The van der Waals surface area contributed by atoms with Gasteiger partial charge < -0.3 is 5.32 Å². The highest BCUT2D eigenvalue weighted by atomic mass is 79.9. The molecule has 0 fully saturated rings. The van der Waals surface area contributed by atoms with Gasteiger partial charge in [0.1, 0.15) is 0 Å². The number of likely N-dealkylation sites (N-methyl/N-ethyl adjacent to an activating group) is 1. The lowest BCUT2D eigenvalue weighted by Gasteiger charge is -2.19. The van der Waals surface area contributed by atoms with Crippen LogP contribution < -0.4 is 5.32 Å². The number of hydrogen-bond acceptors (Lipinski definition) is 2. The Morgan fingerprint density at radius 3 is 2.71 bits per heavy atom. The van der Waals surface area contributed by atoms with Gasteiger partial charge in [0.15, 0.2) is 0 Å². The molecule has 1 aromatic carbocycles. The lowest BCUT2D eigenvalue weighted by molar-refractivity contribution is 0.506. The van der Waals surface area contributed by atoms with E-state index < -0.39 is 0 Å². The fraction of sp³-hybridized carbons (Fsp3) is 0.438. The molecule has 0 aliphatic heterocycles. The Hall–Kier alpha value is -0.840. The van der Waals surface area contributed by atoms with E-state index >= 15 is 0 Å². The van der Waals surface area contributed by atoms with Crippen molar-refractivity contribution in [1.29, 1.82) is 0 Å². The first-order valence-electron chi connectivity index (χ1n) is 7.24. The van der Waals surface area contributed by atoms with E-state index in [4.69, 9.17) is 11.6 Å². The van der Waals surface area contributed by atoms with Crippen molar-refractivity contribution in [3.8, 4) is 0 Å². The van der Waals surface area contributed by atoms with Gasteiger partial charge in [-0.15, -0.1) is 0 Å². The molecule has 0 spiro atoms. The van der Waals surface area contributed by atoms with Crippen LogP contribution in [0.15, 0.2) is 34.9 Å². The highest BCUT2D eigenvalue weighted by Crippen LogP contribution is 2.31. The van der Waals surface area contributed by atoms with E-state index in [1.807, 2.05) is 23.0 Å². The minimum absolute atomic E-state index is 0.163. The number of rotatable bonds is 6. The molecule has 1 N–H and O–H groups in total. The van der Waals surface area contributed by atoms with Gasteiger partial charge in [0.05, 0.1) is 10.7 Å². The Balaban J connectivity index is 2.24. The van der Waals surface area contributed by atoms with E-state index in [-0.39, 0.29) is 6.04 Å². The summed E-state index contributed by atoms with van der Waals surface area (Å²) in [6.07, 6.45) is 2.86. The van der Waals surface area contributed by atoms with Crippen molar-refractivity contribution in [2.45, 2.75) is 39.3 Å². The van der Waals surface area contributed by atoms with Crippen LogP contribution in [0, 0.1) is 0 Å². The van der Waals surface area contributed by atoms with Crippen molar-refractivity contribution >= 4 is 27.5 Å². The molecular weight excluding hydrogens is 350 g/mol. The molecule has 2 rings (SSSR count). The molecule has 1 atom stereocenters. The predicted octanol–water partition coefficient (Wildman–Crippen LogP) is 4.77. The third-order valence-electron chi connectivity index (χ3n) is 3.41. The van der Waals surface area contributed by atoms with Gasteiger partial charge in [-0.2, -0.15) is 5.10 Å². The molecule has 0 bridgehead atoms. The lowest BCUT2D eigenvalue weighted by Crippen LogP contribution is -2.23. The maximum atomic E-state index is 6.43. The zero-order chi connectivity index (χ0) is 15.4. The Labute approximate surface area is 139 Å². The topological polar surface area (TPSA) is 29.9 Å². The molecule has 0 aliphatic rings. The van der Waals surface area contributed by atoms with Gasteiger partial charge in [-0.05, 0) is 54.0 Å². The molecule has 114 valence electrons. The fourth-order valence-corrected chi connectivity index (χ4v) is 2.95. The largest absolute Gasteiger partial charge is 0.310 e. The molecule has 1 aromatic heterocycles. The van der Waals surface area contributed by atoms with E-state index in [2.05, 4.69) is 59.2 Å². The smallest absolute Gasteiger partial charge is 0.0643 e. The monoisotopic (exact) mass is 369 g/mol. The van der Waals surface area contributed by atoms with Crippen molar-refractivity contribution in [2.75, 3.05) is 6.54 Å². The fourth-order valence-electron chi connectivity index (χ4n) is 2.31. The highest BCUT2D eigenvalue weighted by molar-refractivity contribution is 9.10. The van der Waals surface area contributed by atoms with Crippen LogP contribution >= 0.6 is 27.5 Å². The van der Waals surface area contributed by atoms with Crippen LogP contribution in [0.5, 0.6) is 0 Å². The number of halogens is 2. The van der Waals surface area contributed by atoms with Crippen molar-refractivity contribution in [2.24, 2.45) is 0 Å². The SMILES string of the molecule is CCNC(Cc1ccn(C(C)C)n1)c1cccc(Br)c1Cl. The Kier molecular flexibility index (Phi) is 5.85. The van der Waals surface area contributed by atoms with Gasteiger partial charge in [0.2, 0.25) is 0 Å². The second-order valence-electron chi connectivity index (χ2n) is 5.34. The van der Waals surface area contributed by atoms with Crippen LogP contribution in [-0.2, 0) is 6.42 Å². The summed E-state index contributed by atoms with van der Waals surface area (Å²) in [5, 5.41) is 8.90. The number of aromatic nitrogens is 2. The molecule has 1 heterocycles. The third kappa shape index (κ3) is 4.09. The number of benzene rings is 1. The molecule has 2 aromatic rings. The number of hydrogen-bond donors (Lipinski definition) is 1. The van der Waals surface area contributed by atoms with Crippen molar-refractivity contribution in [1.82, 2.24) is 15.1 Å². The molecule has 3 nitrogen and oxygen atoms in total. The first-order chi connectivity index (χ1) is 10.0. The molecule has 21 heavy (non-hydrogen) atoms. The first kappa shape index (κ1) is 16.5. The maximum absolute atomic E-state index is 6.43. The van der Waals surface area contributed by atoms with E-state index in [0.29, 0.717) is 6.04 Å². The van der Waals surface area contributed by atoms with Crippen LogP contribution in [-0.4, -0.2) is 16.3 Å². The maximum Gasteiger partial charge on any atom is 0.0643 e. The van der Waals surface area contributed by atoms with Gasteiger partial charge in [0, 0.05) is 29.2 Å². The van der Waals surface area contributed by atoms with E-state index in [0.717, 1.165) is 33.7 Å². The first-order valence-corrected chi connectivity index (χ1v) is 8.41. The van der Waals surface area contributed by atoms with Gasteiger partial charge in [-0.1, -0.05) is 30.7 Å². The number of nitrogens with one attached hydrogen (secondary N) is 1. The molecule has 0 saturated heterocycles. The van der Waals surface area contributed by atoms with Crippen LogP contribution in [0.2, 0.25) is 5.02 Å². The van der Waals surface area contributed by atoms with Crippen LogP contribution in [0.25, 0.3) is 0 Å². The van der Waals surface area contributed by atoms with Crippen LogP contribution in [0.3, 0.4) is 0 Å². The van der Waals surface area contributed by atoms with E-state index in [1.165, 1.54) is 0 Å². The second kappa shape index (κ2) is 7.43. The van der Waals surface area contributed by atoms with Crippen molar-refractivity contribution < 1.29 is 0 Å². The molecule has 0 radical (unpaired) electrons. The zero-order valence-electron chi connectivity index (χ0n) is 12.6. The van der Waals surface area contributed by atoms with Crippen molar-refractivity contribution in [3.05, 3.63) is 51.2 Å². The average Bonchev–Trinajstić information content (AvgIpc) is 2.90. The summed E-state index contributed by atoms with van der Waals surface area (Å²) in [5.74, 6) is 0. The summed E-state index contributed by atoms with van der Waals surface area (Å²) >= 11 is 9.93. The number of nitrogens with zero attached hydrogens (tertiary/aromatic N) is 2. The molecule has 0 saturated carbocycles. The highest BCUT2D eigenvalue weighted by Gasteiger charge is 2.17. The summed E-state index contributed by atoms with van der Waals surface area (Å²) < 4.78 is 2.91. The Bertz CT molecular complexity index is 595. The molecule has 5 heteroatoms. The molecule has 1 unspecified atom stereocenters. The Morgan fingerprint density at radius 1 is 1.33 bits per heavy atom. The minimum atomic E-state index is 0.163. The normalized spacial score (nSPS) is 12.9. The Morgan fingerprint density at radius 2 is 2.10 bits per heavy atom. The molecular formula is C16H21BrClN3. The summed E-state index contributed by atoms with van der Waals surface area (Å²) in [6, 6.07) is 8.67. The molecule has 0 aliphatic carbocycles. The van der Waals surface area contributed by atoms with Gasteiger partial charge in [0.25, 0.3) is 0 Å². The third-order valence-corrected chi connectivity index (χ3v) is 4.72. The summed E-state index contributed by atoms with van der Waals surface area (Å²) in [4.78, 5) is 0. The van der Waals surface area contributed by atoms with Crippen LogP contribution in [0.1, 0.15) is 44.1 Å². The summed E-state index contributed by atoms with van der Waals surface area (Å²) in [7, 11) is 0. The van der Waals surface area contributed by atoms with Crippen molar-refractivity contribution in [3.63, 3.8) is 0 Å². The lowest BCUT2D eigenvalue weighted by atomic mass is 10.0. The van der Waals surface area contributed by atoms with Gasteiger partial charge >= 0.3 is 0 Å². The summed E-state index contributed by atoms with van der Waals surface area (Å²) in [5.41, 5.74) is 2.18. The van der Waals surface area contributed by atoms with Crippen LogP contribution in [0.4, 0.5) is 0 Å². The zero-order valence-corrected chi connectivity index (χ0v) is 14.9. The average molecular weight is 371 g/mol. The molecule has 0 amide bonds. The quantitative estimate of drug-likeness (QED) is 0.793. The standard InChI is InChI=1S/C16H21BrClN3/c1-4-19-15(13-6-5-7-14(17)16(13)18)10-12-8-9-21(20-12)11(2)3/h5-9,11,15,19H,4,10H2,1-3H3. The minimum Gasteiger partial charge on any atom is -0.310 e. The predicted molar refractivity (Wildman–Crippen MR) is 91.9 cm³/mol. The van der Waals surface area contributed by atoms with E-state index in [1.54, 1.807) is 0 Å². The van der Waals surface area contributed by atoms with E-state index in [9.17, 15) is 0 Å².